The lowest BCUT2D eigenvalue weighted by molar-refractivity contribution is -0.137. The summed E-state index contributed by atoms with van der Waals surface area (Å²) >= 11 is 0. The molecule has 3 rings (SSSR count). The number of aliphatic carboxylic acids is 1. The molecule has 0 aliphatic carbocycles. The number of amides is 1. The van der Waals surface area contributed by atoms with E-state index >= 15 is 0 Å². The molecule has 140 valence electrons. The van der Waals surface area contributed by atoms with Crippen molar-refractivity contribution in [2.45, 2.75) is 25.6 Å². The molecule has 1 atom stereocenters. The van der Waals surface area contributed by atoms with E-state index in [9.17, 15) is 9.59 Å². The standard InChI is InChI=1S/C18H24N4O4/c23-16(24)12-22-9-5-13-11-14(3-4-15(13)17(22)25)26-10-2-8-21-18-19-6-1-7-20-18/h3-4,6,11,18,20-21H,1-2,5,7-10,12H2,(H,23,24). The zero-order chi connectivity index (χ0) is 18.4. The lowest BCUT2D eigenvalue weighted by atomic mass is 9.98. The Balaban J connectivity index is 1.45. The quantitative estimate of drug-likeness (QED) is 0.583. The zero-order valence-electron chi connectivity index (χ0n) is 14.6. The van der Waals surface area contributed by atoms with Crippen LogP contribution in [0.3, 0.4) is 0 Å². The second-order valence-electron chi connectivity index (χ2n) is 6.32. The average Bonchev–Trinajstić information content (AvgIpc) is 2.64. The summed E-state index contributed by atoms with van der Waals surface area (Å²) in [5.41, 5.74) is 1.47. The van der Waals surface area contributed by atoms with Crippen LogP contribution in [0, 0.1) is 0 Å². The fraction of sp³-hybridized carbons (Fsp3) is 0.500. The fourth-order valence-electron chi connectivity index (χ4n) is 3.06. The Morgan fingerprint density at radius 3 is 3.12 bits per heavy atom. The Bertz CT molecular complexity index is 692. The van der Waals surface area contributed by atoms with Gasteiger partial charge in [0, 0.05) is 31.4 Å². The number of hydrogen-bond donors (Lipinski definition) is 3. The molecule has 2 aliphatic rings. The molecular formula is C18H24N4O4. The van der Waals surface area contributed by atoms with E-state index in [4.69, 9.17) is 9.84 Å². The lowest BCUT2D eigenvalue weighted by Crippen LogP contribution is -2.44. The molecule has 0 fully saturated rings. The van der Waals surface area contributed by atoms with Gasteiger partial charge in [-0.15, -0.1) is 0 Å². The van der Waals surface area contributed by atoms with Gasteiger partial charge in [0.15, 0.2) is 6.29 Å². The van der Waals surface area contributed by atoms with Gasteiger partial charge < -0.3 is 14.7 Å². The van der Waals surface area contributed by atoms with Crippen molar-refractivity contribution in [3.63, 3.8) is 0 Å². The smallest absolute Gasteiger partial charge is 0.323 e. The van der Waals surface area contributed by atoms with Crippen LogP contribution in [-0.4, -0.2) is 67.2 Å². The normalized spacial score (nSPS) is 19.3. The molecule has 26 heavy (non-hydrogen) atoms. The molecular weight excluding hydrogens is 336 g/mol. The topological polar surface area (TPSA) is 103 Å². The number of benzene rings is 1. The second kappa shape index (κ2) is 8.77. The number of ether oxygens (including phenoxy) is 1. The number of nitrogens with zero attached hydrogens (tertiary/aromatic N) is 2. The molecule has 0 bridgehead atoms. The number of hydrogen-bond acceptors (Lipinski definition) is 6. The summed E-state index contributed by atoms with van der Waals surface area (Å²) in [6, 6.07) is 5.37. The van der Waals surface area contributed by atoms with E-state index in [-0.39, 0.29) is 18.7 Å². The predicted octanol–water partition coefficient (Wildman–Crippen LogP) is 0.476. The van der Waals surface area contributed by atoms with Crippen molar-refractivity contribution in [2.24, 2.45) is 4.99 Å². The highest BCUT2D eigenvalue weighted by Gasteiger charge is 2.25. The van der Waals surface area contributed by atoms with Crippen LogP contribution >= 0.6 is 0 Å². The molecule has 3 N–H and O–H groups in total. The molecule has 2 heterocycles. The highest BCUT2D eigenvalue weighted by Crippen LogP contribution is 2.24. The summed E-state index contributed by atoms with van der Waals surface area (Å²) in [4.78, 5) is 28.8. The third-order valence-electron chi connectivity index (χ3n) is 4.36. The Morgan fingerprint density at radius 1 is 1.46 bits per heavy atom. The molecule has 0 saturated carbocycles. The predicted molar refractivity (Wildman–Crippen MR) is 96.7 cm³/mol. The summed E-state index contributed by atoms with van der Waals surface area (Å²) in [6.45, 7) is 2.46. The van der Waals surface area contributed by atoms with Gasteiger partial charge in [-0.05, 0) is 43.0 Å². The van der Waals surface area contributed by atoms with Crippen molar-refractivity contribution in [1.82, 2.24) is 15.5 Å². The molecule has 1 unspecified atom stereocenters. The summed E-state index contributed by atoms with van der Waals surface area (Å²) in [5, 5.41) is 15.4. The minimum atomic E-state index is -0.996. The number of aliphatic imine (C=N–C) groups is 1. The van der Waals surface area contributed by atoms with Gasteiger partial charge in [-0.1, -0.05) is 0 Å². The van der Waals surface area contributed by atoms with E-state index < -0.39 is 5.97 Å². The molecule has 8 heteroatoms. The van der Waals surface area contributed by atoms with Gasteiger partial charge in [0.05, 0.1) is 6.61 Å². The van der Waals surface area contributed by atoms with Crippen LogP contribution in [0.4, 0.5) is 0 Å². The molecule has 1 amide bonds. The van der Waals surface area contributed by atoms with Crippen LogP contribution in [0.1, 0.15) is 28.8 Å². The molecule has 8 nitrogen and oxygen atoms in total. The molecule has 2 aliphatic heterocycles. The van der Waals surface area contributed by atoms with Crippen LogP contribution in [0.15, 0.2) is 23.2 Å². The van der Waals surface area contributed by atoms with Gasteiger partial charge >= 0.3 is 5.97 Å². The number of carboxylic acids is 1. The Labute approximate surface area is 152 Å². The van der Waals surface area contributed by atoms with E-state index in [1.807, 2.05) is 12.3 Å². The summed E-state index contributed by atoms with van der Waals surface area (Å²) in [5.74, 6) is -0.494. The number of carbonyl (C=O) groups excluding carboxylic acids is 1. The Hall–Kier alpha value is -2.45. The first-order valence-electron chi connectivity index (χ1n) is 8.88. The van der Waals surface area contributed by atoms with Gasteiger partial charge in [0.2, 0.25) is 0 Å². The highest BCUT2D eigenvalue weighted by atomic mass is 16.5. The number of carbonyl (C=O) groups is 2. The maximum atomic E-state index is 12.3. The first kappa shape index (κ1) is 18.3. The maximum absolute atomic E-state index is 12.3. The Morgan fingerprint density at radius 2 is 2.35 bits per heavy atom. The van der Waals surface area contributed by atoms with Crippen LogP contribution in [0.2, 0.25) is 0 Å². The summed E-state index contributed by atoms with van der Waals surface area (Å²) in [7, 11) is 0. The van der Waals surface area contributed by atoms with Crippen molar-refractivity contribution in [2.75, 3.05) is 32.8 Å². The number of nitrogens with one attached hydrogen (secondary N) is 2. The van der Waals surface area contributed by atoms with Crippen LogP contribution in [0.25, 0.3) is 0 Å². The van der Waals surface area contributed by atoms with E-state index in [0.29, 0.717) is 25.1 Å². The van der Waals surface area contributed by atoms with Gasteiger partial charge in [0.1, 0.15) is 12.3 Å². The van der Waals surface area contributed by atoms with Gasteiger partial charge in [-0.25, -0.2) is 0 Å². The van der Waals surface area contributed by atoms with Crippen molar-refractivity contribution in [3.8, 4) is 5.75 Å². The van der Waals surface area contributed by atoms with Crippen molar-refractivity contribution >= 4 is 18.1 Å². The van der Waals surface area contributed by atoms with Crippen LogP contribution < -0.4 is 15.4 Å². The van der Waals surface area contributed by atoms with Crippen molar-refractivity contribution < 1.29 is 19.4 Å². The van der Waals surface area contributed by atoms with E-state index in [2.05, 4.69) is 15.6 Å². The van der Waals surface area contributed by atoms with Gasteiger partial charge in [0.25, 0.3) is 5.91 Å². The number of rotatable bonds is 8. The van der Waals surface area contributed by atoms with E-state index in [1.54, 1.807) is 12.1 Å². The number of carboxylic acid groups (broad SMARTS) is 1. The van der Waals surface area contributed by atoms with Crippen LogP contribution in [0.5, 0.6) is 5.75 Å². The summed E-state index contributed by atoms with van der Waals surface area (Å²) < 4.78 is 5.77. The summed E-state index contributed by atoms with van der Waals surface area (Å²) in [6.07, 6.45) is 4.37. The zero-order valence-corrected chi connectivity index (χ0v) is 14.6. The van der Waals surface area contributed by atoms with E-state index in [1.165, 1.54) is 4.90 Å². The minimum Gasteiger partial charge on any atom is -0.494 e. The molecule has 0 radical (unpaired) electrons. The van der Waals surface area contributed by atoms with Gasteiger partial charge in [-0.3, -0.25) is 25.2 Å². The monoisotopic (exact) mass is 360 g/mol. The minimum absolute atomic E-state index is 0.00717. The first-order valence-corrected chi connectivity index (χ1v) is 8.88. The molecule has 0 saturated heterocycles. The van der Waals surface area contributed by atoms with Crippen molar-refractivity contribution in [3.05, 3.63) is 29.3 Å². The van der Waals surface area contributed by atoms with Crippen molar-refractivity contribution in [1.29, 1.82) is 0 Å². The highest BCUT2D eigenvalue weighted by molar-refractivity contribution is 5.98. The van der Waals surface area contributed by atoms with Crippen LogP contribution in [-0.2, 0) is 11.2 Å². The SMILES string of the molecule is O=C(O)CN1CCc2cc(OCCCNC3N=CCCN3)ccc2C1=O. The molecule has 0 spiro atoms. The average molecular weight is 360 g/mol. The maximum Gasteiger partial charge on any atom is 0.323 e. The lowest BCUT2D eigenvalue weighted by Gasteiger charge is -2.27. The second-order valence-corrected chi connectivity index (χ2v) is 6.32. The number of fused-ring (bicyclic) bond motifs is 1. The fourth-order valence-corrected chi connectivity index (χ4v) is 3.06. The molecule has 1 aromatic carbocycles. The third-order valence-corrected chi connectivity index (χ3v) is 4.36. The third kappa shape index (κ3) is 4.80. The van der Waals surface area contributed by atoms with Gasteiger partial charge in [-0.2, -0.15) is 0 Å². The largest absolute Gasteiger partial charge is 0.494 e. The first-order chi connectivity index (χ1) is 12.6. The molecule has 1 aromatic rings. The Kier molecular flexibility index (Phi) is 6.19. The van der Waals surface area contributed by atoms with E-state index in [0.717, 1.165) is 37.2 Å². The molecule has 0 aromatic heterocycles.